The van der Waals surface area contributed by atoms with Crippen molar-refractivity contribution < 1.29 is 9.90 Å². The van der Waals surface area contributed by atoms with Gasteiger partial charge in [0.1, 0.15) is 0 Å². The molecule has 1 unspecified atom stereocenters. The summed E-state index contributed by atoms with van der Waals surface area (Å²) in [5, 5.41) is 9.24. The Bertz CT molecular complexity index is 1300. The van der Waals surface area contributed by atoms with Crippen LogP contribution in [-0.2, 0) is 11.2 Å². The first-order valence-electron chi connectivity index (χ1n) is 13.8. The molecule has 2 saturated heterocycles. The van der Waals surface area contributed by atoms with E-state index >= 15 is 0 Å². The fourth-order valence-electron chi connectivity index (χ4n) is 6.94. The third-order valence-corrected chi connectivity index (χ3v) is 8.64. The first-order chi connectivity index (χ1) is 18.1. The van der Waals surface area contributed by atoms with Crippen LogP contribution in [0.25, 0.3) is 11.1 Å². The zero-order valence-electron chi connectivity index (χ0n) is 21.5. The number of likely N-dealkylation sites (tertiary alicyclic amines) is 1. The molecule has 0 aromatic heterocycles. The predicted octanol–water partition coefficient (Wildman–Crippen LogP) is 6.36. The van der Waals surface area contributed by atoms with Crippen molar-refractivity contribution in [2.75, 3.05) is 37.6 Å². The quantitative estimate of drug-likeness (QED) is 0.450. The molecular weight excluding hydrogens is 456 g/mol. The number of nitrogens with zero attached hydrogens (tertiary/aromatic N) is 2. The SMILES string of the molecule is O=C(O)CN1CCC2(CCCN(c3ccc(C4=C(c5ccccc5)CCCc5ccccc54)cc3)C2)C1. The molecule has 190 valence electrons. The van der Waals surface area contributed by atoms with Crippen molar-refractivity contribution in [2.24, 2.45) is 5.41 Å². The van der Waals surface area contributed by atoms with E-state index < -0.39 is 5.97 Å². The maximum absolute atomic E-state index is 11.2. The van der Waals surface area contributed by atoms with Gasteiger partial charge in [-0.2, -0.15) is 0 Å². The lowest BCUT2D eigenvalue weighted by molar-refractivity contribution is -0.138. The molecule has 3 aromatic rings. The van der Waals surface area contributed by atoms with Gasteiger partial charge in [0, 0.05) is 30.7 Å². The van der Waals surface area contributed by atoms with Gasteiger partial charge < -0.3 is 10.0 Å². The minimum absolute atomic E-state index is 0.163. The summed E-state index contributed by atoms with van der Waals surface area (Å²) in [6, 6.07) is 29.1. The van der Waals surface area contributed by atoms with Crippen LogP contribution in [0.4, 0.5) is 5.69 Å². The summed E-state index contributed by atoms with van der Waals surface area (Å²) in [4.78, 5) is 15.9. The molecule has 0 bridgehead atoms. The predicted molar refractivity (Wildman–Crippen MR) is 151 cm³/mol. The molecule has 2 aliphatic heterocycles. The van der Waals surface area contributed by atoms with Gasteiger partial charge in [-0.25, -0.2) is 0 Å². The molecule has 1 spiro atoms. The Morgan fingerprint density at radius 3 is 2.38 bits per heavy atom. The summed E-state index contributed by atoms with van der Waals surface area (Å²) >= 11 is 0. The number of aryl methyl sites for hydroxylation is 1. The van der Waals surface area contributed by atoms with E-state index in [0.717, 1.165) is 51.9 Å². The highest BCUT2D eigenvalue weighted by Crippen LogP contribution is 2.42. The van der Waals surface area contributed by atoms with Crippen molar-refractivity contribution in [3.63, 3.8) is 0 Å². The van der Waals surface area contributed by atoms with Crippen LogP contribution in [0, 0.1) is 5.41 Å². The molecule has 0 amide bonds. The minimum atomic E-state index is -0.718. The third-order valence-electron chi connectivity index (χ3n) is 8.64. The van der Waals surface area contributed by atoms with Crippen molar-refractivity contribution in [3.05, 3.63) is 101 Å². The number of benzene rings is 3. The number of anilines is 1. The molecule has 1 aliphatic carbocycles. The van der Waals surface area contributed by atoms with Crippen LogP contribution in [0.5, 0.6) is 0 Å². The number of hydrogen-bond acceptors (Lipinski definition) is 3. The summed E-state index contributed by atoms with van der Waals surface area (Å²) in [5.74, 6) is -0.718. The second kappa shape index (κ2) is 10.2. The molecule has 1 N–H and O–H groups in total. The Morgan fingerprint density at radius 1 is 0.784 bits per heavy atom. The fourth-order valence-corrected chi connectivity index (χ4v) is 6.94. The van der Waals surface area contributed by atoms with E-state index in [-0.39, 0.29) is 12.0 Å². The highest BCUT2D eigenvalue weighted by molar-refractivity contribution is 6.00. The monoisotopic (exact) mass is 492 g/mol. The molecule has 3 aromatic carbocycles. The summed E-state index contributed by atoms with van der Waals surface area (Å²) < 4.78 is 0. The highest BCUT2D eigenvalue weighted by atomic mass is 16.4. The summed E-state index contributed by atoms with van der Waals surface area (Å²) in [6.07, 6.45) is 6.82. The van der Waals surface area contributed by atoms with Gasteiger partial charge in [0.15, 0.2) is 0 Å². The van der Waals surface area contributed by atoms with Gasteiger partial charge in [0.05, 0.1) is 6.54 Å². The molecule has 0 saturated carbocycles. The largest absolute Gasteiger partial charge is 0.480 e. The normalized spacial score (nSPS) is 22.2. The Hall–Kier alpha value is -3.37. The zero-order chi connectivity index (χ0) is 25.2. The van der Waals surface area contributed by atoms with Crippen molar-refractivity contribution in [1.82, 2.24) is 4.90 Å². The molecule has 2 heterocycles. The first kappa shape index (κ1) is 24.0. The van der Waals surface area contributed by atoms with E-state index in [1.165, 1.54) is 51.9 Å². The van der Waals surface area contributed by atoms with E-state index in [9.17, 15) is 9.90 Å². The van der Waals surface area contributed by atoms with Gasteiger partial charge >= 0.3 is 5.97 Å². The van der Waals surface area contributed by atoms with Gasteiger partial charge in [-0.1, -0.05) is 66.7 Å². The van der Waals surface area contributed by atoms with Gasteiger partial charge in [-0.05, 0) is 90.6 Å². The Kier molecular flexibility index (Phi) is 6.60. The van der Waals surface area contributed by atoms with Gasteiger partial charge in [-0.3, -0.25) is 9.69 Å². The van der Waals surface area contributed by atoms with Gasteiger partial charge in [0.25, 0.3) is 0 Å². The number of allylic oxidation sites excluding steroid dienone is 1. The lowest BCUT2D eigenvalue weighted by Gasteiger charge is -2.41. The Labute approximate surface area is 220 Å². The third kappa shape index (κ3) is 4.95. The lowest BCUT2D eigenvalue weighted by Crippen LogP contribution is -2.45. The minimum Gasteiger partial charge on any atom is -0.480 e. The Balaban J connectivity index is 1.31. The molecule has 2 fully saturated rings. The van der Waals surface area contributed by atoms with Crippen LogP contribution in [0.2, 0.25) is 0 Å². The maximum atomic E-state index is 11.2. The lowest BCUT2D eigenvalue weighted by atomic mass is 9.79. The zero-order valence-corrected chi connectivity index (χ0v) is 21.5. The number of aliphatic carboxylic acids is 1. The van der Waals surface area contributed by atoms with Crippen LogP contribution in [0.15, 0.2) is 78.9 Å². The molecule has 6 rings (SSSR count). The number of carboxylic acid groups (broad SMARTS) is 1. The van der Waals surface area contributed by atoms with Crippen molar-refractivity contribution in [3.8, 4) is 0 Å². The number of carbonyl (C=O) groups is 1. The second-order valence-corrected chi connectivity index (χ2v) is 11.2. The standard InChI is InChI=1S/C33H36N2O2/c36-31(37)22-34-21-19-33(23-34)18-7-20-35(24-33)28-16-14-27(15-17-28)32-29-12-5-4-10-26(29)11-6-13-30(32)25-8-2-1-3-9-25/h1-5,8-10,12,14-17H,6-7,11,13,18-24H2,(H,36,37). The number of piperidine rings is 1. The van der Waals surface area contributed by atoms with Crippen LogP contribution in [0.1, 0.15) is 54.4 Å². The van der Waals surface area contributed by atoms with Crippen molar-refractivity contribution >= 4 is 22.8 Å². The molecule has 37 heavy (non-hydrogen) atoms. The van der Waals surface area contributed by atoms with Crippen LogP contribution < -0.4 is 4.90 Å². The fraction of sp³-hybridized carbons (Fsp3) is 0.364. The van der Waals surface area contributed by atoms with Crippen molar-refractivity contribution in [1.29, 1.82) is 0 Å². The molecular formula is C33H36N2O2. The number of rotatable bonds is 5. The average molecular weight is 493 g/mol. The van der Waals surface area contributed by atoms with E-state index in [1.54, 1.807) is 0 Å². The van der Waals surface area contributed by atoms with E-state index in [2.05, 4.69) is 88.7 Å². The number of fused-ring (bicyclic) bond motifs is 1. The molecule has 4 nitrogen and oxygen atoms in total. The van der Waals surface area contributed by atoms with E-state index in [1.807, 2.05) is 0 Å². The molecule has 3 aliphatic rings. The van der Waals surface area contributed by atoms with E-state index in [4.69, 9.17) is 0 Å². The summed E-state index contributed by atoms with van der Waals surface area (Å²) in [7, 11) is 0. The number of carboxylic acids is 1. The highest BCUT2D eigenvalue weighted by Gasteiger charge is 2.41. The molecule has 0 radical (unpaired) electrons. The van der Waals surface area contributed by atoms with Crippen molar-refractivity contribution in [2.45, 2.75) is 38.5 Å². The summed E-state index contributed by atoms with van der Waals surface area (Å²) in [5.41, 5.74) is 9.74. The second-order valence-electron chi connectivity index (χ2n) is 11.2. The van der Waals surface area contributed by atoms with Crippen LogP contribution in [-0.4, -0.2) is 48.7 Å². The average Bonchev–Trinajstić information content (AvgIpc) is 3.18. The molecule has 1 atom stereocenters. The topological polar surface area (TPSA) is 43.8 Å². The Morgan fingerprint density at radius 2 is 1.57 bits per heavy atom. The summed E-state index contributed by atoms with van der Waals surface area (Å²) in [6.45, 7) is 4.05. The first-order valence-corrected chi connectivity index (χ1v) is 13.8. The van der Waals surface area contributed by atoms with Gasteiger partial charge in [0.2, 0.25) is 0 Å². The smallest absolute Gasteiger partial charge is 0.317 e. The number of hydrogen-bond donors (Lipinski definition) is 1. The maximum Gasteiger partial charge on any atom is 0.317 e. The van der Waals surface area contributed by atoms with Crippen LogP contribution >= 0.6 is 0 Å². The van der Waals surface area contributed by atoms with E-state index in [0.29, 0.717) is 0 Å². The molecule has 4 heteroatoms. The van der Waals surface area contributed by atoms with Crippen LogP contribution in [0.3, 0.4) is 0 Å². The van der Waals surface area contributed by atoms with Gasteiger partial charge in [-0.15, -0.1) is 0 Å².